The molecule has 0 N–H and O–H groups in total. The van der Waals surface area contributed by atoms with E-state index in [1.807, 2.05) is 17.5 Å². The maximum atomic E-state index is 15.0. The Hall–Kier alpha value is -3.85. The quantitative estimate of drug-likeness (QED) is 0.296. The van der Waals surface area contributed by atoms with Crippen LogP contribution in [-0.4, -0.2) is 31.4 Å². The third-order valence-corrected chi connectivity index (χ3v) is 8.02. The molecule has 1 aliphatic heterocycles. The molecular formula is C29H25F2NO5S. The van der Waals surface area contributed by atoms with Gasteiger partial charge in [0.25, 0.3) is 0 Å². The number of halogens is 2. The van der Waals surface area contributed by atoms with Gasteiger partial charge in [0.05, 0.1) is 19.4 Å². The number of ether oxygens (including phenoxy) is 2. The number of anilines is 1. The zero-order valence-corrected chi connectivity index (χ0v) is 21.6. The minimum Gasteiger partial charge on any atom is -0.497 e. The molecule has 6 nitrogen and oxygen atoms in total. The summed E-state index contributed by atoms with van der Waals surface area (Å²) in [4.78, 5) is 43.0. The van der Waals surface area contributed by atoms with E-state index >= 15 is 4.39 Å². The Kier molecular flexibility index (Phi) is 7.12. The second-order valence-corrected chi connectivity index (χ2v) is 10.1. The molecule has 0 saturated carbocycles. The average Bonchev–Trinajstić information content (AvgIpc) is 3.44. The molecule has 196 valence electrons. The second-order valence-electron chi connectivity index (χ2n) is 9.14. The van der Waals surface area contributed by atoms with E-state index in [2.05, 4.69) is 0 Å². The first-order chi connectivity index (χ1) is 18.3. The van der Waals surface area contributed by atoms with Crippen LogP contribution >= 0.6 is 11.3 Å². The monoisotopic (exact) mass is 537 g/mol. The van der Waals surface area contributed by atoms with Gasteiger partial charge >= 0.3 is 5.97 Å². The molecule has 1 aliphatic carbocycles. The predicted octanol–water partition coefficient (Wildman–Crippen LogP) is 5.75. The lowest BCUT2D eigenvalue weighted by Crippen LogP contribution is -2.46. The van der Waals surface area contributed by atoms with E-state index < -0.39 is 47.0 Å². The Morgan fingerprint density at radius 1 is 1.08 bits per heavy atom. The Morgan fingerprint density at radius 3 is 2.58 bits per heavy atom. The number of thiophene rings is 1. The molecule has 0 radical (unpaired) electrons. The Bertz CT molecular complexity index is 1430. The molecule has 0 spiro atoms. The van der Waals surface area contributed by atoms with Crippen LogP contribution < -0.4 is 9.64 Å². The molecule has 3 atom stereocenters. The van der Waals surface area contributed by atoms with Crippen LogP contribution in [0.4, 0.5) is 14.5 Å². The molecule has 1 aromatic heterocycles. The Labute approximate surface area is 222 Å². The number of amides is 1. The van der Waals surface area contributed by atoms with Crippen molar-refractivity contribution in [2.24, 2.45) is 5.92 Å². The zero-order chi connectivity index (χ0) is 27.0. The van der Waals surface area contributed by atoms with Crippen LogP contribution in [0.25, 0.3) is 0 Å². The highest BCUT2D eigenvalue weighted by Gasteiger charge is 2.50. The summed E-state index contributed by atoms with van der Waals surface area (Å²) in [6.07, 6.45) is -0.0259. The third kappa shape index (κ3) is 4.51. The van der Waals surface area contributed by atoms with Crippen LogP contribution in [0.15, 0.2) is 71.2 Å². The second kappa shape index (κ2) is 10.5. The maximum absolute atomic E-state index is 15.0. The van der Waals surface area contributed by atoms with Crippen molar-refractivity contribution in [2.75, 3.05) is 18.6 Å². The van der Waals surface area contributed by atoms with Crippen LogP contribution in [0.1, 0.15) is 42.0 Å². The highest BCUT2D eigenvalue weighted by molar-refractivity contribution is 7.10. The lowest BCUT2D eigenvalue weighted by Gasteiger charge is -2.42. The molecule has 2 aromatic carbocycles. The highest BCUT2D eigenvalue weighted by atomic mass is 32.1. The fourth-order valence-corrected chi connectivity index (χ4v) is 6.25. The van der Waals surface area contributed by atoms with Crippen LogP contribution in [-0.2, 0) is 19.1 Å². The van der Waals surface area contributed by atoms with Gasteiger partial charge in [-0.25, -0.2) is 8.78 Å². The van der Waals surface area contributed by atoms with E-state index in [1.54, 1.807) is 31.2 Å². The molecule has 0 fully saturated rings. The molecule has 5 rings (SSSR count). The van der Waals surface area contributed by atoms with Gasteiger partial charge in [0.2, 0.25) is 5.91 Å². The summed E-state index contributed by atoms with van der Waals surface area (Å²) >= 11 is 1.39. The number of rotatable bonds is 6. The van der Waals surface area contributed by atoms with Crippen molar-refractivity contribution in [3.63, 3.8) is 0 Å². The molecule has 38 heavy (non-hydrogen) atoms. The van der Waals surface area contributed by atoms with Gasteiger partial charge in [0, 0.05) is 40.5 Å². The molecule has 2 heterocycles. The van der Waals surface area contributed by atoms with Crippen molar-refractivity contribution in [3.8, 4) is 5.75 Å². The van der Waals surface area contributed by atoms with E-state index in [4.69, 9.17) is 9.47 Å². The minimum atomic E-state index is -1.12. The molecule has 2 aliphatic rings. The number of nitrogens with zero attached hydrogens (tertiary/aromatic N) is 1. The number of ketones is 1. The Morgan fingerprint density at radius 2 is 1.89 bits per heavy atom. The number of allylic oxidation sites excluding steroid dienone is 2. The molecule has 3 aromatic rings. The van der Waals surface area contributed by atoms with E-state index in [1.165, 1.54) is 29.4 Å². The highest BCUT2D eigenvalue weighted by Crippen LogP contribution is 2.50. The fraction of sp³-hybridized carbons (Fsp3) is 0.276. The number of esters is 1. The molecule has 9 heteroatoms. The summed E-state index contributed by atoms with van der Waals surface area (Å²) < 4.78 is 39.5. The number of Topliss-reactive ketones (excluding diaryl/α,β-unsaturated/α-hetero) is 1. The van der Waals surface area contributed by atoms with Crippen LogP contribution in [0.2, 0.25) is 0 Å². The number of carbonyl (C=O) groups is 3. The van der Waals surface area contributed by atoms with E-state index in [-0.39, 0.29) is 30.7 Å². The third-order valence-electron chi connectivity index (χ3n) is 7.02. The lowest BCUT2D eigenvalue weighted by molar-refractivity contribution is -0.152. The summed E-state index contributed by atoms with van der Waals surface area (Å²) in [5, 5.41) is 1.84. The van der Waals surface area contributed by atoms with Crippen LogP contribution in [0.3, 0.4) is 0 Å². The van der Waals surface area contributed by atoms with Gasteiger partial charge in [-0.1, -0.05) is 18.2 Å². The van der Waals surface area contributed by atoms with E-state index in [9.17, 15) is 18.8 Å². The first kappa shape index (κ1) is 25.8. The van der Waals surface area contributed by atoms with Crippen molar-refractivity contribution < 1.29 is 32.6 Å². The SMILES string of the molecule is CCOC(=O)[C@@H]1C(=O)C2=C(C[C@@H]1c1cccs1)N(c1ccc(F)cc1F)C(=O)C[C@H]2c1cccc(OC)c1. The van der Waals surface area contributed by atoms with Crippen LogP contribution in [0.5, 0.6) is 5.75 Å². The topological polar surface area (TPSA) is 72.9 Å². The van der Waals surface area contributed by atoms with Crippen molar-refractivity contribution in [3.05, 3.63) is 93.3 Å². The molecule has 0 bridgehead atoms. The largest absolute Gasteiger partial charge is 0.497 e. The van der Waals surface area contributed by atoms with Gasteiger partial charge in [0.1, 0.15) is 23.3 Å². The summed E-state index contributed by atoms with van der Waals surface area (Å²) in [5.41, 5.74) is 1.09. The molecule has 0 unspecified atom stereocenters. The van der Waals surface area contributed by atoms with Gasteiger partial charge in [-0.15, -0.1) is 11.3 Å². The van der Waals surface area contributed by atoms with Gasteiger partial charge in [-0.3, -0.25) is 19.3 Å². The zero-order valence-electron chi connectivity index (χ0n) is 20.8. The number of hydrogen-bond donors (Lipinski definition) is 0. The summed E-state index contributed by atoms with van der Waals surface area (Å²) in [6.45, 7) is 1.78. The maximum Gasteiger partial charge on any atom is 0.317 e. The van der Waals surface area contributed by atoms with Crippen molar-refractivity contribution >= 4 is 34.7 Å². The van der Waals surface area contributed by atoms with Crippen molar-refractivity contribution in [1.29, 1.82) is 0 Å². The Balaban J connectivity index is 1.74. The van der Waals surface area contributed by atoms with Gasteiger partial charge < -0.3 is 9.47 Å². The summed E-state index contributed by atoms with van der Waals surface area (Å²) in [5.74, 6) is -5.09. The van der Waals surface area contributed by atoms with Gasteiger partial charge in [0.15, 0.2) is 5.78 Å². The van der Waals surface area contributed by atoms with E-state index in [0.29, 0.717) is 23.1 Å². The first-order valence-electron chi connectivity index (χ1n) is 12.2. The van der Waals surface area contributed by atoms with Gasteiger partial charge in [-0.2, -0.15) is 0 Å². The number of methoxy groups -OCH3 is 1. The number of carbonyl (C=O) groups excluding carboxylic acids is 3. The summed E-state index contributed by atoms with van der Waals surface area (Å²) in [7, 11) is 1.52. The van der Waals surface area contributed by atoms with Crippen molar-refractivity contribution in [1.82, 2.24) is 0 Å². The minimum absolute atomic E-state index is 0.108. The average molecular weight is 538 g/mol. The number of benzene rings is 2. The normalized spacial score (nSPS) is 21.4. The van der Waals surface area contributed by atoms with Crippen molar-refractivity contribution in [2.45, 2.75) is 31.6 Å². The lowest BCUT2D eigenvalue weighted by atomic mass is 9.69. The van der Waals surface area contributed by atoms with E-state index in [0.717, 1.165) is 10.9 Å². The standard InChI is InChI=1S/C29H25F2NO5S/c1-3-37-29(35)27-20(24-8-5-11-38-24)14-23-26(28(27)34)19(16-6-4-7-18(12-16)36-2)15-25(33)32(23)22-10-9-17(30)13-21(22)31/h4-13,19-20,27H,3,14-15H2,1-2H3/t19-,20+,27-/m0/s1. The molecule has 0 saturated heterocycles. The van der Waals surface area contributed by atoms with Crippen LogP contribution in [0, 0.1) is 17.6 Å². The fourth-order valence-electron chi connectivity index (χ4n) is 5.39. The van der Waals surface area contributed by atoms with Gasteiger partial charge in [-0.05, 0) is 54.6 Å². The molecular weight excluding hydrogens is 512 g/mol. The molecule has 1 amide bonds. The smallest absolute Gasteiger partial charge is 0.317 e. The first-order valence-corrected chi connectivity index (χ1v) is 13.1. The summed E-state index contributed by atoms with van der Waals surface area (Å²) in [6, 6.07) is 13.7. The number of hydrogen-bond acceptors (Lipinski definition) is 6. The predicted molar refractivity (Wildman–Crippen MR) is 138 cm³/mol.